The monoisotopic (exact) mass is 760 g/mol. The van der Waals surface area contributed by atoms with E-state index < -0.39 is 38.6 Å². The molecule has 0 amide bonds. The maximum atomic E-state index is 12.4. The van der Waals surface area contributed by atoms with Gasteiger partial charge in [-0.25, -0.2) is 4.57 Å². The van der Waals surface area contributed by atoms with Crippen LogP contribution in [-0.2, 0) is 28.2 Å². The Labute approximate surface area is 320 Å². The topological polar surface area (TPSA) is 140 Å². The van der Waals surface area contributed by atoms with Crippen LogP contribution in [0.4, 0.5) is 0 Å². The Bertz CT molecular complexity index is 1190. The Balaban J connectivity index is 4.26. The van der Waals surface area contributed by atoms with Crippen molar-refractivity contribution >= 4 is 19.8 Å². The molecule has 0 aliphatic carbocycles. The number of hydrogen-bond acceptors (Lipinski definition) is 7. The molecular weight excluding hydrogens is 691 g/mol. The second kappa shape index (κ2) is 37.3. The summed E-state index contributed by atoms with van der Waals surface area (Å²) in [6, 6.07) is 0. The number of carbonyl (C=O) groups is 2. The van der Waals surface area contributed by atoms with E-state index >= 15 is 0 Å². The molecule has 300 valence electrons. The number of carbonyl (C=O) groups excluding carboxylic acids is 2. The smallest absolute Gasteiger partial charge is 0.462 e. The summed E-state index contributed by atoms with van der Waals surface area (Å²) in [5.74, 6) is -1.09. The Kier molecular flexibility index (Phi) is 35.1. The zero-order valence-corrected chi connectivity index (χ0v) is 33.4. The van der Waals surface area contributed by atoms with Gasteiger partial charge < -0.3 is 24.4 Å². The molecule has 0 spiro atoms. The van der Waals surface area contributed by atoms with Gasteiger partial charge in [0.15, 0.2) is 6.10 Å². The summed E-state index contributed by atoms with van der Waals surface area (Å²) in [5.41, 5.74) is 0. The minimum atomic E-state index is -4.81. The van der Waals surface area contributed by atoms with Gasteiger partial charge in [-0.15, -0.1) is 0 Å². The van der Waals surface area contributed by atoms with Gasteiger partial charge in [0.2, 0.25) is 0 Å². The molecule has 0 radical (unpaired) electrons. The van der Waals surface area contributed by atoms with Crippen molar-refractivity contribution in [2.24, 2.45) is 0 Å². The van der Waals surface area contributed by atoms with E-state index in [0.717, 1.165) is 38.5 Å². The van der Waals surface area contributed by atoms with Gasteiger partial charge in [0, 0.05) is 12.8 Å². The molecule has 0 aliphatic rings. The summed E-state index contributed by atoms with van der Waals surface area (Å²) in [6.07, 6.45) is 47.3. The standard InChI is InChI=1S/C43H69O9P/c1-3-5-7-9-11-13-14-15-16-17-18-19-20-22-24-28-33-37-43(46)52-41(39-51-53(47,48)49)38-50-42(45)36-32-29-25-27-31-35-40(44)34-30-26-23-21-12-10-8-6-4-2/h11-13,15-16,18-19,21-22,24-27,30-31,35,40-41,44H,3-10,14,17,20,23,28-29,32-34,36-39H2,1-2H3,(H2,47,48,49)/b13-11-,16-15-,19-18-,21-12-,24-22-,27-25+,30-26-,35-31-/t40?,41-/m1/s1. The van der Waals surface area contributed by atoms with Gasteiger partial charge >= 0.3 is 19.8 Å². The number of unbranched alkanes of at least 4 members (excludes halogenated alkanes) is 8. The first kappa shape index (κ1) is 49.9. The maximum absolute atomic E-state index is 12.4. The summed E-state index contributed by atoms with van der Waals surface area (Å²) in [5, 5.41) is 10.1. The number of ether oxygens (including phenoxy) is 2. The molecule has 9 nitrogen and oxygen atoms in total. The highest BCUT2D eigenvalue weighted by molar-refractivity contribution is 7.46. The molecule has 0 aromatic heterocycles. The highest BCUT2D eigenvalue weighted by atomic mass is 31.2. The van der Waals surface area contributed by atoms with E-state index in [9.17, 15) is 19.3 Å². The van der Waals surface area contributed by atoms with Crippen molar-refractivity contribution < 1.29 is 43.0 Å². The molecule has 53 heavy (non-hydrogen) atoms. The van der Waals surface area contributed by atoms with Crippen molar-refractivity contribution in [2.75, 3.05) is 13.2 Å². The highest BCUT2D eigenvalue weighted by Gasteiger charge is 2.22. The SMILES string of the molecule is CCCCC/C=C\C/C=C\C/C=C\C/C=C\CCCC(=O)O[C@H](COC(=O)CCC/C=C/C=C\C(O)C/C=C\C/C=C\CCCCC)COP(=O)(O)O. The highest BCUT2D eigenvalue weighted by Crippen LogP contribution is 2.35. The van der Waals surface area contributed by atoms with Crippen molar-refractivity contribution in [1.29, 1.82) is 0 Å². The van der Waals surface area contributed by atoms with Crippen LogP contribution in [0.25, 0.3) is 0 Å². The number of esters is 2. The molecule has 2 atom stereocenters. The number of aliphatic hydroxyl groups excluding tert-OH is 1. The normalized spacial score (nSPS) is 14.1. The fourth-order valence-electron chi connectivity index (χ4n) is 4.67. The molecule has 3 N–H and O–H groups in total. The summed E-state index contributed by atoms with van der Waals surface area (Å²) in [7, 11) is -4.81. The molecule has 0 rings (SSSR count). The van der Waals surface area contributed by atoms with Crippen LogP contribution in [0.5, 0.6) is 0 Å². The fraction of sp³-hybridized carbons (Fsp3) is 0.581. The van der Waals surface area contributed by atoms with E-state index in [1.807, 2.05) is 30.4 Å². The van der Waals surface area contributed by atoms with E-state index in [-0.39, 0.29) is 19.4 Å². The minimum Gasteiger partial charge on any atom is -0.462 e. The van der Waals surface area contributed by atoms with E-state index in [1.54, 1.807) is 12.2 Å². The van der Waals surface area contributed by atoms with Crippen LogP contribution in [0, 0.1) is 0 Å². The first-order chi connectivity index (χ1) is 25.7. The molecule has 0 saturated carbocycles. The molecule has 0 bridgehead atoms. The van der Waals surface area contributed by atoms with Gasteiger partial charge in [0.05, 0.1) is 12.7 Å². The summed E-state index contributed by atoms with van der Waals surface area (Å²) in [6.45, 7) is 3.43. The van der Waals surface area contributed by atoms with Gasteiger partial charge in [-0.3, -0.25) is 14.1 Å². The van der Waals surface area contributed by atoms with Gasteiger partial charge in [0.25, 0.3) is 0 Å². The van der Waals surface area contributed by atoms with Crippen LogP contribution in [0.3, 0.4) is 0 Å². The van der Waals surface area contributed by atoms with Crippen molar-refractivity contribution in [3.05, 3.63) is 97.2 Å². The first-order valence-corrected chi connectivity index (χ1v) is 21.2. The molecule has 10 heteroatoms. The van der Waals surface area contributed by atoms with Crippen molar-refractivity contribution in [3.63, 3.8) is 0 Å². The summed E-state index contributed by atoms with van der Waals surface area (Å²) < 4.78 is 26.2. The molecule has 0 saturated heterocycles. The molecule has 0 aromatic rings. The van der Waals surface area contributed by atoms with Crippen molar-refractivity contribution in [2.45, 2.75) is 148 Å². The van der Waals surface area contributed by atoms with Crippen LogP contribution < -0.4 is 0 Å². The van der Waals surface area contributed by atoms with Crippen LogP contribution in [0.2, 0.25) is 0 Å². The molecule has 0 aromatic carbocycles. The molecule has 0 fully saturated rings. The van der Waals surface area contributed by atoms with Gasteiger partial charge in [0.1, 0.15) is 6.61 Å². The zero-order valence-electron chi connectivity index (χ0n) is 32.5. The van der Waals surface area contributed by atoms with Gasteiger partial charge in [-0.2, -0.15) is 0 Å². The van der Waals surface area contributed by atoms with Crippen LogP contribution in [0.1, 0.15) is 136 Å². The van der Waals surface area contributed by atoms with Gasteiger partial charge in [-0.05, 0) is 83.5 Å². The number of rotatable bonds is 34. The first-order valence-electron chi connectivity index (χ1n) is 19.6. The number of phosphoric ester groups is 1. The lowest BCUT2D eigenvalue weighted by Gasteiger charge is -2.18. The maximum Gasteiger partial charge on any atom is 0.469 e. The Morgan fingerprint density at radius 1 is 0.585 bits per heavy atom. The lowest BCUT2D eigenvalue weighted by atomic mass is 10.2. The van der Waals surface area contributed by atoms with E-state index in [2.05, 4.69) is 73.1 Å². The average molecular weight is 761 g/mol. The van der Waals surface area contributed by atoms with E-state index in [0.29, 0.717) is 32.1 Å². The molecule has 1 unspecified atom stereocenters. The molecule has 0 heterocycles. The van der Waals surface area contributed by atoms with Crippen molar-refractivity contribution in [3.8, 4) is 0 Å². The lowest BCUT2D eigenvalue weighted by molar-refractivity contribution is -0.161. The predicted octanol–water partition coefficient (Wildman–Crippen LogP) is 10.8. The average Bonchev–Trinajstić information content (AvgIpc) is 3.12. The third-order valence-corrected chi connectivity index (χ3v) is 8.14. The predicted molar refractivity (Wildman–Crippen MR) is 217 cm³/mol. The van der Waals surface area contributed by atoms with Crippen LogP contribution >= 0.6 is 7.82 Å². The van der Waals surface area contributed by atoms with Crippen molar-refractivity contribution in [1.82, 2.24) is 0 Å². The third-order valence-electron chi connectivity index (χ3n) is 7.66. The van der Waals surface area contributed by atoms with Gasteiger partial charge in [-0.1, -0.05) is 137 Å². The Hall–Kier alpha value is -3.07. The minimum absolute atomic E-state index is 0.101. The molecule has 0 aliphatic heterocycles. The Morgan fingerprint density at radius 2 is 1.06 bits per heavy atom. The summed E-state index contributed by atoms with van der Waals surface area (Å²) >= 11 is 0. The molecular formula is C43H69O9P. The van der Waals surface area contributed by atoms with E-state index in [4.69, 9.17) is 19.3 Å². The van der Waals surface area contributed by atoms with Crippen LogP contribution in [0.15, 0.2) is 97.2 Å². The fourth-order valence-corrected chi connectivity index (χ4v) is 5.03. The lowest BCUT2D eigenvalue weighted by Crippen LogP contribution is -2.29. The second-order valence-electron chi connectivity index (χ2n) is 12.7. The quantitative estimate of drug-likeness (QED) is 0.0192. The zero-order chi connectivity index (χ0) is 39.1. The number of hydrogen-bond donors (Lipinski definition) is 3. The summed E-state index contributed by atoms with van der Waals surface area (Å²) in [4.78, 5) is 42.7. The second-order valence-corrected chi connectivity index (χ2v) is 14.0. The largest absolute Gasteiger partial charge is 0.469 e. The number of aliphatic hydroxyl groups is 1. The number of allylic oxidation sites excluding steroid dienone is 14. The third kappa shape index (κ3) is 40.0. The van der Waals surface area contributed by atoms with Crippen LogP contribution in [-0.4, -0.2) is 52.3 Å². The Morgan fingerprint density at radius 3 is 1.58 bits per heavy atom. The number of phosphoric acid groups is 1. The van der Waals surface area contributed by atoms with E-state index in [1.165, 1.54) is 38.5 Å².